The van der Waals surface area contributed by atoms with Crippen LogP contribution in [0, 0.1) is 13.8 Å². The van der Waals surface area contributed by atoms with Crippen molar-refractivity contribution >= 4 is 40.8 Å². The zero-order valence-corrected chi connectivity index (χ0v) is 23.9. The van der Waals surface area contributed by atoms with Crippen molar-refractivity contribution in [1.82, 2.24) is 10.3 Å². The summed E-state index contributed by atoms with van der Waals surface area (Å²) in [5, 5.41) is 6.54. The smallest absolute Gasteiger partial charge is 0.248 e. The van der Waals surface area contributed by atoms with Gasteiger partial charge in [0.25, 0.3) is 0 Å². The average Bonchev–Trinajstić information content (AvgIpc) is 2.92. The molecule has 4 rings (SSSR count). The maximum Gasteiger partial charge on any atom is 0.248 e. The van der Waals surface area contributed by atoms with Crippen molar-refractivity contribution in [1.29, 1.82) is 0 Å². The summed E-state index contributed by atoms with van der Waals surface area (Å²) in [6, 6.07) is 17.5. The van der Waals surface area contributed by atoms with E-state index in [1.54, 1.807) is 53.6 Å². The third kappa shape index (κ3) is 8.15. The van der Waals surface area contributed by atoms with Gasteiger partial charge in [0.05, 0.1) is 0 Å². The van der Waals surface area contributed by atoms with Gasteiger partial charge in [0, 0.05) is 35.8 Å². The van der Waals surface area contributed by atoms with E-state index < -0.39 is 6.04 Å². The molecule has 1 heterocycles. The van der Waals surface area contributed by atoms with Gasteiger partial charge in [0.1, 0.15) is 11.9 Å². The molecule has 1 aromatic heterocycles. The number of carbonyl (C=O) groups excluding carboxylic acids is 3. The van der Waals surface area contributed by atoms with Crippen LogP contribution in [-0.2, 0) is 14.4 Å². The molecule has 1 atom stereocenters. The minimum atomic E-state index is -0.879. The number of pyridine rings is 1. The molecule has 2 aromatic carbocycles. The molecule has 0 aliphatic heterocycles. The van der Waals surface area contributed by atoms with Crippen LogP contribution in [0.2, 0.25) is 5.02 Å². The minimum absolute atomic E-state index is 0.0857. The lowest BCUT2D eigenvalue weighted by molar-refractivity contribution is -0.127. The number of halogens is 1. The number of nitrogens with one attached hydrogen (secondary N) is 2. The maximum atomic E-state index is 14.0. The summed E-state index contributed by atoms with van der Waals surface area (Å²) in [6.45, 7) is 3.95. The van der Waals surface area contributed by atoms with Crippen molar-refractivity contribution in [2.24, 2.45) is 0 Å². The van der Waals surface area contributed by atoms with Crippen molar-refractivity contribution in [3.8, 4) is 0 Å². The van der Waals surface area contributed by atoms with Crippen LogP contribution in [-0.4, -0.2) is 28.7 Å². The lowest BCUT2D eigenvalue weighted by Gasteiger charge is -2.34. The number of hydrogen-bond donors (Lipinski definition) is 2. The van der Waals surface area contributed by atoms with Gasteiger partial charge in [0.2, 0.25) is 17.7 Å². The molecule has 3 aromatic rings. The Bertz CT molecular complexity index is 1290. The van der Waals surface area contributed by atoms with Crippen LogP contribution >= 0.6 is 11.6 Å². The van der Waals surface area contributed by atoms with Crippen LogP contribution in [0.3, 0.4) is 0 Å². The molecule has 0 saturated heterocycles. The van der Waals surface area contributed by atoms with E-state index in [2.05, 4.69) is 15.6 Å². The van der Waals surface area contributed by atoms with E-state index in [9.17, 15) is 14.4 Å². The predicted molar refractivity (Wildman–Crippen MR) is 159 cm³/mol. The van der Waals surface area contributed by atoms with Crippen LogP contribution in [0.4, 0.5) is 11.5 Å². The lowest BCUT2D eigenvalue weighted by Crippen LogP contribution is -2.47. The van der Waals surface area contributed by atoms with Crippen molar-refractivity contribution < 1.29 is 14.4 Å². The largest absolute Gasteiger partial charge is 0.351 e. The van der Waals surface area contributed by atoms with E-state index in [1.807, 2.05) is 32.0 Å². The third-order valence-corrected chi connectivity index (χ3v) is 7.38. The van der Waals surface area contributed by atoms with Gasteiger partial charge in [-0.1, -0.05) is 55.1 Å². The Labute approximate surface area is 241 Å². The monoisotopic (exact) mass is 560 g/mol. The number of aryl methyl sites for hydroxylation is 2. The summed E-state index contributed by atoms with van der Waals surface area (Å²) in [6.07, 6.45) is 7.39. The fourth-order valence-electron chi connectivity index (χ4n) is 5.28. The summed E-state index contributed by atoms with van der Waals surface area (Å²) >= 11 is 6.19. The van der Waals surface area contributed by atoms with Gasteiger partial charge in [-0.2, -0.15) is 0 Å². The van der Waals surface area contributed by atoms with Gasteiger partial charge in [0.15, 0.2) is 0 Å². The molecule has 2 N–H and O–H groups in total. The SMILES string of the molecule is Cc1cc(C)cc(N(C(=O)CCCC(=O)Nc2ccccn2)[C@H](C(=O)NC2CCCCC2)c2ccc(Cl)cc2)c1. The standard InChI is InChI=1S/C32H37ClN4O3/c1-22-19-23(2)21-27(20-22)37(30(39)13-8-12-29(38)36-28-11-6-7-18-34-28)31(24-14-16-25(33)17-15-24)32(40)35-26-9-4-3-5-10-26/h6-7,11,14-21,26,31H,3-5,8-10,12-13H2,1-2H3,(H,35,40)(H,34,36,38)/t31-/m0/s1. The molecule has 0 bridgehead atoms. The first kappa shape index (κ1) is 29.3. The topological polar surface area (TPSA) is 91.4 Å². The van der Waals surface area contributed by atoms with Crippen LogP contribution in [0.25, 0.3) is 0 Å². The van der Waals surface area contributed by atoms with E-state index >= 15 is 0 Å². The molecule has 1 fully saturated rings. The molecule has 7 nitrogen and oxygen atoms in total. The molecule has 1 aliphatic carbocycles. The second-order valence-corrected chi connectivity index (χ2v) is 11.0. The number of hydrogen-bond acceptors (Lipinski definition) is 4. The molecule has 3 amide bonds. The average molecular weight is 561 g/mol. The second kappa shape index (κ2) is 14.1. The van der Waals surface area contributed by atoms with E-state index in [4.69, 9.17) is 11.6 Å². The summed E-state index contributed by atoms with van der Waals surface area (Å²) in [5.74, 6) is -0.185. The first-order valence-electron chi connectivity index (χ1n) is 14.0. The Morgan fingerprint density at radius 2 is 1.65 bits per heavy atom. The first-order chi connectivity index (χ1) is 19.3. The van der Waals surface area contributed by atoms with Crippen LogP contribution in [0.1, 0.15) is 74.1 Å². The van der Waals surface area contributed by atoms with Crippen molar-refractivity contribution in [2.45, 2.75) is 77.3 Å². The van der Waals surface area contributed by atoms with Crippen molar-refractivity contribution in [3.05, 3.63) is 88.6 Å². The normalized spacial score (nSPS) is 14.3. The molecule has 1 saturated carbocycles. The van der Waals surface area contributed by atoms with Gasteiger partial charge in [-0.15, -0.1) is 0 Å². The Morgan fingerprint density at radius 3 is 2.30 bits per heavy atom. The van der Waals surface area contributed by atoms with Crippen LogP contribution in [0.15, 0.2) is 66.9 Å². The van der Waals surface area contributed by atoms with E-state index in [0.29, 0.717) is 28.5 Å². The highest BCUT2D eigenvalue weighted by molar-refractivity contribution is 6.30. The molecule has 0 radical (unpaired) electrons. The molecule has 0 spiro atoms. The summed E-state index contributed by atoms with van der Waals surface area (Å²) < 4.78 is 0. The maximum absolute atomic E-state index is 14.0. The second-order valence-electron chi connectivity index (χ2n) is 10.5. The molecule has 0 unspecified atom stereocenters. The zero-order chi connectivity index (χ0) is 28.5. The fourth-order valence-corrected chi connectivity index (χ4v) is 5.41. The van der Waals surface area contributed by atoms with Gasteiger partial charge in [-0.05, 0) is 86.2 Å². The van der Waals surface area contributed by atoms with E-state index in [0.717, 1.165) is 36.8 Å². The van der Waals surface area contributed by atoms with Crippen LogP contribution in [0.5, 0.6) is 0 Å². The van der Waals surface area contributed by atoms with Gasteiger partial charge >= 0.3 is 0 Å². The zero-order valence-electron chi connectivity index (χ0n) is 23.2. The molecule has 1 aliphatic rings. The lowest BCUT2D eigenvalue weighted by atomic mass is 9.94. The molecular formula is C32H37ClN4O3. The summed E-state index contributed by atoms with van der Waals surface area (Å²) in [4.78, 5) is 46.1. The Balaban J connectivity index is 1.60. The molecular weight excluding hydrogens is 524 g/mol. The van der Waals surface area contributed by atoms with E-state index in [1.165, 1.54) is 6.42 Å². The Morgan fingerprint density at radius 1 is 0.950 bits per heavy atom. The third-order valence-electron chi connectivity index (χ3n) is 7.12. The highest BCUT2D eigenvalue weighted by atomic mass is 35.5. The summed E-state index contributed by atoms with van der Waals surface area (Å²) in [7, 11) is 0. The first-order valence-corrected chi connectivity index (χ1v) is 14.3. The predicted octanol–water partition coefficient (Wildman–Crippen LogP) is 6.68. The number of amides is 3. The number of anilines is 2. The van der Waals surface area contributed by atoms with Crippen molar-refractivity contribution in [2.75, 3.05) is 10.2 Å². The molecule has 40 heavy (non-hydrogen) atoms. The highest BCUT2D eigenvalue weighted by Crippen LogP contribution is 2.32. The van der Waals surface area contributed by atoms with Crippen LogP contribution < -0.4 is 15.5 Å². The number of aromatic nitrogens is 1. The number of nitrogens with zero attached hydrogens (tertiary/aromatic N) is 2. The molecule has 210 valence electrons. The minimum Gasteiger partial charge on any atom is -0.351 e. The Kier molecular flexibility index (Phi) is 10.3. The van der Waals surface area contributed by atoms with Gasteiger partial charge in [-0.3, -0.25) is 19.3 Å². The Hall–Kier alpha value is -3.71. The van der Waals surface area contributed by atoms with E-state index in [-0.39, 0.29) is 36.6 Å². The fraction of sp³-hybridized carbons (Fsp3) is 0.375. The number of benzene rings is 2. The number of carbonyl (C=O) groups is 3. The summed E-state index contributed by atoms with van der Waals surface area (Å²) in [5.41, 5.74) is 3.31. The number of rotatable bonds is 10. The highest BCUT2D eigenvalue weighted by Gasteiger charge is 2.34. The van der Waals surface area contributed by atoms with Crippen molar-refractivity contribution in [3.63, 3.8) is 0 Å². The van der Waals surface area contributed by atoms with Gasteiger partial charge in [-0.25, -0.2) is 4.98 Å². The molecule has 8 heteroatoms. The quantitative estimate of drug-likeness (QED) is 0.289. The van der Waals surface area contributed by atoms with Gasteiger partial charge < -0.3 is 10.6 Å².